The summed E-state index contributed by atoms with van der Waals surface area (Å²) in [6, 6.07) is 7.58. The number of fused-ring (bicyclic) bond motifs is 3. The highest BCUT2D eigenvalue weighted by atomic mass is 32.2. The van der Waals surface area contributed by atoms with E-state index in [0.717, 1.165) is 59.5 Å². The summed E-state index contributed by atoms with van der Waals surface area (Å²) in [5, 5.41) is 1.47. The van der Waals surface area contributed by atoms with Gasteiger partial charge in [-0.15, -0.1) is 11.3 Å². The summed E-state index contributed by atoms with van der Waals surface area (Å²) < 4.78 is 7.27. The molecule has 1 aliphatic carbocycles. The Balaban J connectivity index is 1.71. The first-order chi connectivity index (χ1) is 14.6. The first-order valence-corrected chi connectivity index (χ1v) is 12.1. The fourth-order valence-electron chi connectivity index (χ4n) is 3.77. The second kappa shape index (κ2) is 9.22. The Morgan fingerprint density at radius 1 is 1.27 bits per heavy atom. The van der Waals surface area contributed by atoms with Crippen molar-refractivity contribution in [2.75, 3.05) is 12.4 Å². The van der Waals surface area contributed by atoms with Gasteiger partial charge in [-0.2, -0.15) is 0 Å². The molecule has 0 saturated heterocycles. The molecule has 2 aromatic heterocycles. The average molecular weight is 444 g/mol. The Morgan fingerprint density at radius 3 is 2.80 bits per heavy atom. The van der Waals surface area contributed by atoms with Crippen molar-refractivity contribution in [1.82, 2.24) is 9.55 Å². The summed E-state index contributed by atoms with van der Waals surface area (Å²) in [7, 11) is 0. The lowest BCUT2D eigenvalue weighted by molar-refractivity contribution is -0.118. The first-order valence-electron chi connectivity index (χ1n) is 10.3. The number of thioether (sulfide) groups is 1. The average Bonchev–Trinajstić information content (AvgIpc) is 3.29. The number of rotatable bonds is 9. The monoisotopic (exact) mass is 443 g/mol. The Bertz CT molecular complexity index is 1120. The number of benzene rings is 1. The predicted molar refractivity (Wildman–Crippen MR) is 122 cm³/mol. The number of aryl methyl sites for hydroxylation is 2. The van der Waals surface area contributed by atoms with E-state index < -0.39 is 0 Å². The molecule has 0 bridgehead atoms. The van der Waals surface area contributed by atoms with Gasteiger partial charge in [0.2, 0.25) is 5.91 Å². The van der Waals surface area contributed by atoms with Crippen LogP contribution in [-0.4, -0.2) is 27.8 Å². The SMILES string of the molecule is CCOc1ccc(-n2c(SCCCCC(N)=O)nc3sc4c(c3c2=O)CCC4)cc1. The van der Waals surface area contributed by atoms with Crippen LogP contribution in [0.25, 0.3) is 15.9 Å². The number of nitrogens with zero attached hydrogens (tertiary/aromatic N) is 2. The lowest BCUT2D eigenvalue weighted by atomic mass is 10.2. The van der Waals surface area contributed by atoms with Gasteiger partial charge in [0.1, 0.15) is 10.6 Å². The Morgan fingerprint density at radius 2 is 2.07 bits per heavy atom. The van der Waals surface area contributed by atoms with Gasteiger partial charge in [-0.3, -0.25) is 14.2 Å². The fourth-order valence-corrected chi connectivity index (χ4v) is 6.09. The summed E-state index contributed by atoms with van der Waals surface area (Å²) in [4.78, 5) is 31.6. The molecule has 6 nitrogen and oxygen atoms in total. The van der Waals surface area contributed by atoms with Crippen LogP contribution in [0.1, 0.15) is 43.0 Å². The van der Waals surface area contributed by atoms with Crippen LogP contribution in [0.2, 0.25) is 0 Å². The Hall–Kier alpha value is -2.32. The van der Waals surface area contributed by atoms with E-state index in [-0.39, 0.29) is 11.5 Å². The Labute approximate surface area is 183 Å². The quantitative estimate of drug-likeness (QED) is 0.306. The zero-order chi connectivity index (χ0) is 21.1. The molecule has 2 heterocycles. The number of carbonyl (C=O) groups excluding carboxylic acids is 1. The number of hydrogen-bond donors (Lipinski definition) is 1. The molecular formula is C22H25N3O3S2. The van der Waals surface area contributed by atoms with Gasteiger partial charge in [0.05, 0.1) is 17.7 Å². The minimum atomic E-state index is -0.279. The highest BCUT2D eigenvalue weighted by molar-refractivity contribution is 7.99. The van der Waals surface area contributed by atoms with Crippen molar-refractivity contribution in [1.29, 1.82) is 0 Å². The minimum absolute atomic E-state index is 0.00296. The molecule has 0 fully saturated rings. The molecule has 0 unspecified atom stereocenters. The molecule has 1 amide bonds. The standard InChI is InChI=1S/C22H25N3O3S2/c1-2-28-15-11-9-14(10-12-15)25-21(27)19-16-6-5-7-17(16)30-20(19)24-22(25)29-13-4-3-8-18(23)26/h9-12H,2-8,13H2,1H3,(H2,23,26). The molecule has 0 aliphatic heterocycles. The maximum atomic E-state index is 13.6. The van der Waals surface area contributed by atoms with Crippen molar-refractivity contribution in [2.45, 2.75) is 50.6 Å². The van der Waals surface area contributed by atoms with E-state index in [1.807, 2.05) is 31.2 Å². The number of hydrogen-bond acceptors (Lipinski definition) is 6. The molecule has 0 saturated carbocycles. The van der Waals surface area contributed by atoms with Crippen molar-refractivity contribution < 1.29 is 9.53 Å². The molecule has 0 spiro atoms. The molecule has 30 heavy (non-hydrogen) atoms. The van der Waals surface area contributed by atoms with Crippen molar-refractivity contribution in [3.05, 3.63) is 45.1 Å². The third-order valence-corrected chi connectivity index (χ3v) is 7.37. The topological polar surface area (TPSA) is 87.2 Å². The van der Waals surface area contributed by atoms with Gasteiger partial charge < -0.3 is 10.5 Å². The number of thiophene rings is 1. The van der Waals surface area contributed by atoms with E-state index in [1.54, 1.807) is 27.7 Å². The van der Waals surface area contributed by atoms with Crippen molar-refractivity contribution in [2.24, 2.45) is 5.73 Å². The van der Waals surface area contributed by atoms with Gasteiger partial charge >= 0.3 is 0 Å². The van der Waals surface area contributed by atoms with Crippen LogP contribution in [0.4, 0.5) is 0 Å². The molecular weight excluding hydrogens is 418 g/mol. The lowest BCUT2D eigenvalue weighted by Gasteiger charge is -2.13. The molecule has 2 N–H and O–H groups in total. The van der Waals surface area contributed by atoms with E-state index in [2.05, 4.69) is 0 Å². The number of aromatic nitrogens is 2. The molecule has 158 valence electrons. The van der Waals surface area contributed by atoms with Crippen LogP contribution in [0.15, 0.2) is 34.2 Å². The molecule has 0 atom stereocenters. The van der Waals surface area contributed by atoms with E-state index in [9.17, 15) is 9.59 Å². The van der Waals surface area contributed by atoms with Crippen LogP contribution >= 0.6 is 23.1 Å². The number of nitrogens with two attached hydrogens (primary N) is 1. The molecule has 0 radical (unpaired) electrons. The van der Waals surface area contributed by atoms with Gasteiger partial charge in [0.15, 0.2) is 5.16 Å². The molecule has 3 aromatic rings. The van der Waals surface area contributed by atoms with Crippen molar-refractivity contribution in [3.8, 4) is 11.4 Å². The van der Waals surface area contributed by atoms with E-state index in [4.69, 9.17) is 15.5 Å². The smallest absolute Gasteiger partial charge is 0.267 e. The zero-order valence-corrected chi connectivity index (χ0v) is 18.6. The van der Waals surface area contributed by atoms with Crippen LogP contribution in [0, 0.1) is 0 Å². The normalized spacial score (nSPS) is 13.0. The molecule has 8 heteroatoms. The second-order valence-corrected chi connectivity index (χ2v) is 9.42. The van der Waals surface area contributed by atoms with Crippen molar-refractivity contribution >= 4 is 39.2 Å². The maximum Gasteiger partial charge on any atom is 0.267 e. The number of carbonyl (C=O) groups is 1. The van der Waals surface area contributed by atoms with Gasteiger partial charge in [-0.25, -0.2) is 4.98 Å². The van der Waals surface area contributed by atoms with Crippen molar-refractivity contribution in [3.63, 3.8) is 0 Å². The highest BCUT2D eigenvalue weighted by Gasteiger charge is 2.23. The van der Waals surface area contributed by atoms with E-state index in [0.29, 0.717) is 18.2 Å². The Kier molecular flexibility index (Phi) is 6.43. The second-order valence-electron chi connectivity index (χ2n) is 7.27. The zero-order valence-electron chi connectivity index (χ0n) is 17.0. The first kappa shape index (κ1) is 20.9. The maximum absolute atomic E-state index is 13.6. The van der Waals surface area contributed by atoms with Gasteiger partial charge in [0, 0.05) is 17.1 Å². The summed E-state index contributed by atoms with van der Waals surface area (Å²) in [6.45, 7) is 2.54. The highest BCUT2D eigenvalue weighted by Crippen LogP contribution is 2.36. The summed E-state index contributed by atoms with van der Waals surface area (Å²) in [5.41, 5.74) is 7.20. The molecule has 1 aliphatic rings. The summed E-state index contributed by atoms with van der Waals surface area (Å²) in [5.74, 6) is 1.27. The van der Waals surface area contributed by atoms with E-state index in [1.165, 1.54) is 10.4 Å². The summed E-state index contributed by atoms with van der Waals surface area (Å²) >= 11 is 3.21. The third-order valence-electron chi connectivity index (χ3n) is 5.16. The van der Waals surface area contributed by atoms with Gasteiger partial charge in [0.25, 0.3) is 5.56 Å². The van der Waals surface area contributed by atoms with Crippen LogP contribution in [0.5, 0.6) is 5.75 Å². The number of primary amides is 1. The lowest BCUT2D eigenvalue weighted by Crippen LogP contribution is -2.22. The molecule has 1 aromatic carbocycles. The van der Waals surface area contributed by atoms with Crippen LogP contribution in [0.3, 0.4) is 0 Å². The third kappa shape index (κ3) is 4.25. The minimum Gasteiger partial charge on any atom is -0.494 e. The van der Waals surface area contributed by atoms with Gasteiger partial charge in [-0.1, -0.05) is 11.8 Å². The number of amides is 1. The summed E-state index contributed by atoms with van der Waals surface area (Å²) in [6.07, 6.45) is 5.06. The number of unbranched alkanes of at least 4 members (excludes halogenated alkanes) is 1. The van der Waals surface area contributed by atoms with Gasteiger partial charge in [-0.05, 0) is 68.9 Å². The largest absolute Gasteiger partial charge is 0.494 e. The van der Waals surface area contributed by atoms with Crippen LogP contribution < -0.4 is 16.0 Å². The molecule has 4 rings (SSSR count). The fraction of sp³-hybridized carbons (Fsp3) is 0.409. The van der Waals surface area contributed by atoms with E-state index >= 15 is 0 Å². The number of ether oxygens (including phenoxy) is 1. The predicted octanol–water partition coefficient (Wildman–Crippen LogP) is 4.08. The van der Waals surface area contributed by atoms with Crippen LogP contribution in [-0.2, 0) is 17.6 Å².